The zero-order chi connectivity index (χ0) is 16.7. The second-order valence-corrected chi connectivity index (χ2v) is 7.35. The summed E-state index contributed by atoms with van der Waals surface area (Å²) in [7, 11) is 0. The molecule has 0 bridgehead atoms. The predicted octanol–water partition coefficient (Wildman–Crippen LogP) is 1.70. The van der Waals surface area contributed by atoms with Crippen LogP contribution in [0.25, 0.3) is 0 Å². The summed E-state index contributed by atoms with van der Waals surface area (Å²) in [4.78, 5) is 29.0. The highest BCUT2D eigenvalue weighted by Gasteiger charge is 2.43. The molecular weight excluding hydrogens is 338 g/mol. The number of benzene rings is 1. The number of aryl methyl sites for hydroxylation is 1. The molecule has 25 heavy (non-hydrogen) atoms. The molecule has 2 amide bonds. The molecule has 3 saturated heterocycles. The van der Waals surface area contributed by atoms with Crippen molar-refractivity contribution in [3.8, 4) is 0 Å². The number of anilines is 1. The SMILES string of the molecule is CCc1ccc(N2CC(C(=O)N3C[C@H]4CNC[C@H]4C3)CC2=O)cc1.Cl. The number of nitrogens with one attached hydrogen (secondary N) is 1. The first-order chi connectivity index (χ1) is 11.7. The fourth-order valence-electron chi connectivity index (χ4n) is 4.33. The average Bonchev–Trinajstić information content (AvgIpc) is 3.28. The van der Waals surface area contributed by atoms with Crippen LogP contribution in [-0.4, -0.2) is 49.4 Å². The minimum absolute atomic E-state index is 0. The van der Waals surface area contributed by atoms with Gasteiger partial charge in [0.05, 0.1) is 5.92 Å². The number of carbonyl (C=O) groups excluding carboxylic acids is 2. The van der Waals surface area contributed by atoms with Crippen LogP contribution in [0.4, 0.5) is 5.69 Å². The molecule has 1 aromatic rings. The molecule has 0 aromatic heterocycles. The summed E-state index contributed by atoms with van der Waals surface area (Å²) >= 11 is 0. The van der Waals surface area contributed by atoms with Crippen molar-refractivity contribution in [3.63, 3.8) is 0 Å². The van der Waals surface area contributed by atoms with Gasteiger partial charge in [0.15, 0.2) is 0 Å². The van der Waals surface area contributed by atoms with Crippen LogP contribution in [0.3, 0.4) is 0 Å². The lowest BCUT2D eigenvalue weighted by molar-refractivity contribution is -0.135. The maximum atomic E-state index is 12.8. The van der Waals surface area contributed by atoms with Crippen LogP contribution in [0.5, 0.6) is 0 Å². The number of nitrogens with zero attached hydrogens (tertiary/aromatic N) is 2. The first-order valence-electron chi connectivity index (χ1n) is 9.04. The summed E-state index contributed by atoms with van der Waals surface area (Å²) in [5.41, 5.74) is 2.17. The lowest BCUT2D eigenvalue weighted by Crippen LogP contribution is -2.37. The quantitative estimate of drug-likeness (QED) is 0.889. The van der Waals surface area contributed by atoms with Crippen molar-refractivity contribution < 1.29 is 9.59 Å². The Kier molecular flexibility index (Phi) is 5.35. The molecule has 0 aliphatic carbocycles. The molecule has 3 atom stereocenters. The number of amides is 2. The van der Waals surface area contributed by atoms with Crippen molar-refractivity contribution in [2.75, 3.05) is 37.6 Å². The lowest BCUT2D eigenvalue weighted by atomic mass is 10.0. The van der Waals surface area contributed by atoms with Crippen molar-refractivity contribution in [3.05, 3.63) is 29.8 Å². The standard InChI is InChI=1S/C19H25N3O2.ClH/c1-2-13-3-5-17(6-4-13)22-12-14(7-18(22)23)19(24)21-10-15-8-20-9-16(15)11-21;/h3-6,14-16,20H,2,7-12H2,1H3;1H/t14?,15-,16+;. The Labute approximate surface area is 155 Å². The third-order valence-electron chi connectivity index (χ3n) is 5.83. The summed E-state index contributed by atoms with van der Waals surface area (Å²) in [6.07, 6.45) is 1.33. The number of halogens is 1. The van der Waals surface area contributed by atoms with E-state index in [0.29, 0.717) is 24.8 Å². The highest BCUT2D eigenvalue weighted by Crippen LogP contribution is 2.31. The predicted molar refractivity (Wildman–Crippen MR) is 100.0 cm³/mol. The molecule has 1 N–H and O–H groups in total. The Bertz CT molecular complexity index is 637. The highest BCUT2D eigenvalue weighted by atomic mass is 35.5. The van der Waals surface area contributed by atoms with E-state index in [2.05, 4.69) is 24.4 Å². The third-order valence-corrected chi connectivity index (χ3v) is 5.83. The van der Waals surface area contributed by atoms with Crippen molar-refractivity contribution >= 4 is 29.9 Å². The first-order valence-corrected chi connectivity index (χ1v) is 9.04. The molecule has 3 fully saturated rings. The molecule has 1 unspecified atom stereocenters. The zero-order valence-corrected chi connectivity index (χ0v) is 15.4. The highest BCUT2D eigenvalue weighted by molar-refractivity contribution is 6.00. The van der Waals surface area contributed by atoms with E-state index in [-0.39, 0.29) is 30.1 Å². The molecule has 3 aliphatic rings. The van der Waals surface area contributed by atoms with Gasteiger partial charge in [-0.3, -0.25) is 9.59 Å². The van der Waals surface area contributed by atoms with Gasteiger partial charge in [-0.15, -0.1) is 12.4 Å². The fourth-order valence-corrected chi connectivity index (χ4v) is 4.33. The molecular formula is C19H26ClN3O2. The zero-order valence-electron chi connectivity index (χ0n) is 14.6. The second-order valence-electron chi connectivity index (χ2n) is 7.35. The van der Waals surface area contributed by atoms with Gasteiger partial charge in [-0.25, -0.2) is 0 Å². The molecule has 4 rings (SSSR count). The van der Waals surface area contributed by atoms with Crippen molar-refractivity contribution in [1.29, 1.82) is 0 Å². The van der Waals surface area contributed by atoms with E-state index in [4.69, 9.17) is 0 Å². The van der Waals surface area contributed by atoms with Gasteiger partial charge in [0.1, 0.15) is 0 Å². The molecule has 3 aliphatic heterocycles. The first kappa shape index (κ1) is 18.2. The summed E-state index contributed by atoms with van der Waals surface area (Å²) < 4.78 is 0. The Morgan fingerprint density at radius 1 is 1.12 bits per heavy atom. The van der Waals surface area contributed by atoms with Crippen LogP contribution in [0.15, 0.2) is 24.3 Å². The molecule has 0 spiro atoms. The van der Waals surface area contributed by atoms with Gasteiger partial charge in [-0.05, 0) is 36.0 Å². The number of fused-ring (bicyclic) bond motifs is 1. The van der Waals surface area contributed by atoms with Crippen LogP contribution in [0.1, 0.15) is 18.9 Å². The maximum absolute atomic E-state index is 12.8. The van der Waals surface area contributed by atoms with Crippen molar-refractivity contribution in [1.82, 2.24) is 10.2 Å². The fraction of sp³-hybridized carbons (Fsp3) is 0.579. The number of hydrogen-bond acceptors (Lipinski definition) is 3. The second kappa shape index (κ2) is 7.34. The normalized spacial score (nSPS) is 28.2. The van der Waals surface area contributed by atoms with Crippen LogP contribution < -0.4 is 10.2 Å². The number of likely N-dealkylation sites (tertiary alicyclic amines) is 1. The number of hydrogen-bond donors (Lipinski definition) is 1. The minimum atomic E-state index is -0.185. The van der Waals surface area contributed by atoms with Gasteiger partial charge in [0, 0.05) is 44.8 Å². The van der Waals surface area contributed by atoms with Gasteiger partial charge in [0.25, 0.3) is 0 Å². The van der Waals surface area contributed by atoms with E-state index in [9.17, 15) is 9.59 Å². The van der Waals surface area contributed by atoms with Crippen molar-refractivity contribution in [2.45, 2.75) is 19.8 Å². The van der Waals surface area contributed by atoms with E-state index in [0.717, 1.165) is 38.3 Å². The molecule has 5 nitrogen and oxygen atoms in total. The van der Waals surface area contributed by atoms with Gasteiger partial charge < -0.3 is 15.1 Å². The van der Waals surface area contributed by atoms with Crippen LogP contribution in [0.2, 0.25) is 0 Å². The van der Waals surface area contributed by atoms with Crippen LogP contribution in [-0.2, 0) is 16.0 Å². The number of carbonyl (C=O) groups is 2. The van der Waals surface area contributed by atoms with E-state index < -0.39 is 0 Å². The van der Waals surface area contributed by atoms with Crippen LogP contribution in [0, 0.1) is 17.8 Å². The molecule has 1 aromatic carbocycles. The van der Waals surface area contributed by atoms with E-state index >= 15 is 0 Å². The topological polar surface area (TPSA) is 52.7 Å². The summed E-state index contributed by atoms with van der Waals surface area (Å²) in [5.74, 6) is 1.26. The average molecular weight is 364 g/mol. The maximum Gasteiger partial charge on any atom is 0.228 e. The molecule has 0 radical (unpaired) electrons. The third kappa shape index (κ3) is 3.40. The molecule has 6 heteroatoms. The minimum Gasteiger partial charge on any atom is -0.342 e. The lowest BCUT2D eigenvalue weighted by Gasteiger charge is -2.22. The van der Waals surface area contributed by atoms with E-state index in [1.54, 1.807) is 4.90 Å². The summed E-state index contributed by atoms with van der Waals surface area (Å²) in [6, 6.07) is 8.11. The van der Waals surface area contributed by atoms with E-state index in [1.807, 2.05) is 17.0 Å². The molecule has 3 heterocycles. The van der Waals surface area contributed by atoms with Gasteiger partial charge >= 0.3 is 0 Å². The Morgan fingerprint density at radius 3 is 2.36 bits per heavy atom. The Morgan fingerprint density at radius 2 is 1.76 bits per heavy atom. The monoisotopic (exact) mass is 363 g/mol. The summed E-state index contributed by atoms with van der Waals surface area (Å²) in [5, 5.41) is 3.40. The Hall–Kier alpha value is -1.59. The largest absolute Gasteiger partial charge is 0.342 e. The van der Waals surface area contributed by atoms with Crippen molar-refractivity contribution in [2.24, 2.45) is 17.8 Å². The van der Waals surface area contributed by atoms with Gasteiger partial charge in [-0.2, -0.15) is 0 Å². The summed E-state index contributed by atoms with van der Waals surface area (Å²) in [6.45, 7) is 6.39. The van der Waals surface area contributed by atoms with E-state index in [1.165, 1.54) is 5.56 Å². The smallest absolute Gasteiger partial charge is 0.228 e. The number of rotatable bonds is 3. The Balaban J connectivity index is 0.00000182. The molecule has 136 valence electrons. The van der Waals surface area contributed by atoms with Crippen LogP contribution >= 0.6 is 12.4 Å². The molecule has 0 saturated carbocycles. The van der Waals surface area contributed by atoms with Gasteiger partial charge in [-0.1, -0.05) is 19.1 Å². The van der Waals surface area contributed by atoms with Gasteiger partial charge in [0.2, 0.25) is 11.8 Å².